The summed E-state index contributed by atoms with van der Waals surface area (Å²) in [5, 5.41) is 3.10. The van der Waals surface area contributed by atoms with Crippen LogP contribution >= 0.6 is 11.8 Å². The minimum absolute atomic E-state index is 0.0366. The number of ether oxygens (including phenoxy) is 1. The molecule has 28 heavy (non-hydrogen) atoms. The molecule has 2 aromatic carbocycles. The molecule has 0 radical (unpaired) electrons. The Bertz CT molecular complexity index is 1200. The summed E-state index contributed by atoms with van der Waals surface area (Å²) in [4.78, 5) is 33.0. The van der Waals surface area contributed by atoms with E-state index in [0.717, 1.165) is 11.1 Å². The SMILES string of the molecule is Cc1ccccc1OC(=O)CSc1nc(-c2ccccc2)nc2cc(=O)[nH]n12. The number of H-pyrrole nitrogens is 1. The zero-order valence-corrected chi connectivity index (χ0v) is 15.8. The van der Waals surface area contributed by atoms with Gasteiger partial charge >= 0.3 is 5.97 Å². The fourth-order valence-electron chi connectivity index (χ4n) is 2.64. The highest BCUT2D eigenvalue weighted by molar-refractivity contribution is 7.99. The van der Waals surface area contributed by atoms with Gasteiger partial charge in [-0.15, -0.1) is 0 Å². The monoisotopic (exact) mass is 392 g/mol. The quantitative estimate of drug-likeness (QED) is 0.319. The smallest absolute Gasteiger partial charge is 0.321 e. The first-order valence-corrected chi connectivity index (χ1v) is 9.53. The Kier molecular flexibility index (Phi) is 4.94. The zero-order valence-electron chi connectivity index (χ0n) is 15.0. The summed E-state index contributed by atoms with van der Waals surface area (Å²) in [5.74, 6) is 0.644. The lowest BCUT2D eigenvalue weighted by atomic mass is 10.2. The Morgan fingerprint density at radius 3 is 2.64 bits per heavy atom. The summed E-state index contributed by atoms with van der Waals surface area (Å²) in [6, 6.07) is 18.2. The largest absolute Gasteiger partial charge is 0.426 e. The van der Waals surface area contributed by atoms with E-state index in [0.29, 0.717) is 22.4 Å². The number of carbonyl (C=O) groups is 1. The third-order valence-electron chi connectivity index (χ3n) is 3.99. The summed E-state index contributed by atoms with van der Waals surface area (Å²) in [5.41, 5.74) is 1.85. The van der Waals surface area contributed by atoms with Gasteiger partial charge in [0.15, 0.2) is 16.6 Å². The van der Waals surface area contributed by atoms with E-state index < -0.39 is 5.97 Å². The lowest BCUT2D eigenvalue weighted by Crippen LogP contribution is -2.13. The van der Waals surface area contributed by atoms with Gasteiger partial charge in [0.1, 0.15) is 5.75 Å². The van der Waals surface area contributed by atoms with Crippen LogP contribution in [0.5, 0.6) is 5.75 Å². The first-order chi connectivity index (χ1) is 13.6. The molecule has 1 N–H and O–H groups in total. The highest BCUT2D eigenvalue weighted by Gasteiger charge is 2.14. The summed E-state index contributed by atoms with van der Waals surface area (Å²) < 4.78 is 6.89. The molecule has 7 nitrogen and oxygen atoms in total. The van der Waals surface area contributed by atoms with Crippen molar-refractivity contribution in [2.24, 2.45) is 0 Å². The van der Waals surface area contributed by atoms with Crippen molar-refractivity contribution in [3.8, 4) is 17.1 Å². The van der Waals surface area contributed by atoms with Crippen LogP contribution in [0.2, 0.25) is 0 Å². The van der Waals surface area contributed by atoms with E-state index in [1.165, 1.54) is 22.3 Å². The van der Waals surface area contributed by atoms with Crippen LogP contribution in [0.15, 0.2) is 70.6 Å². The molecule has 0 saturated carbocycles. The third-order valence-corrected chi connectivity index (χ3v) is 4.91. The van der Waals surface area contributed by atoms with Crippen LogP contribution in [-0.4, -0.2) is 31.3 Å². The minimum atomic E-state index is -0.401. The van der Waals surface area contributed by atoms with Gasteiger partial charge in [0, 0.05) is 11.6 Å². The van der Waals surface area contributed by atoms with Crippen LogP contribution in [-0.2, 0) is 4.79 Å². The molecule has 0 amide bonds. The van der Waals surface area contributed by atoms with Gasteiger partial charge in [-0.25, -0.2) is 14.5 Å². The average Bonchev–Trinajstić information content (AvgIpc) is 3.09. The second-order valence-corrected chi connectivity index (χ2v) is 6.98. The summed E-state index contributed by atoms with van der Waals surface area (Å²) in [6.45, 7) is 1.88. The van der Waals surface area contributed by atoms with Crippen molar-refractivity contribution in [3.63, 3.8) is 0 Å². The number of aromatic nitrogens is 4. The maximum atomic E-state index is 12.3. The Labute approximate surface area is 164 Å². The molecule has 2 heterocycles. The molecule has 0 fully saturated rings. The zero-order chi connectivity index (χ0) is 19.5. The lowest BCUT2D eigenvalue weighted by molar-refractivity contribution is -0.131. The van der Waals surface area contributed by atoms with Crippen LogP contribution in [0.25, 0.3) is 17.0 Å². The minimum Gasteiger partial charge on any atom is -0.426 e. The van der Waals surface area contributed by atoms with Crippen molar-refractivity contribution < 1.29 is 9.53 Å². The number of nitrogens with zero attached hydrogens (tertiary/aromatic N) is 3. The predicted octanol–water partition coefficient (Wildman–Crippen LogP) is 3.09. The summed E-state index contributed by atoms with van der Waals surface area (Å²) in [6.07, 6.45) is 0. The van der Waals surface area contributed by atoms with Crippen LogP contribution in [0.4, 0.5) is 0 Å². The average molecular weight is 392 g/mol. The molecule has 0 atom stereocenters. The van der Waals surface area contributed by atoms with Crippen molar-refractivity contribution >= 4 is 23.4 Å². The van der Waals surface area contributed by atoms with E-state index in [1.807, 2.05) is 55.5 Å². The molecule has 0 aliphatic carbocycles. The summed E-state index contributed by atoms with van der Waals surface area (Å²) >= 11 is 1.17. The van der Waals surface area contributed by atoms with E-state index in [4.69, 9.17) is 4.74 Å². The molecular weight excluding hydrogens is 376 g/mol. The van der Waals surface area contributed by atoms with Crippen LogP contribution < -0.4 is 10.3 Å². The normalized spacial score (nSPS) is 10.9. The number of hydrogen-bond acceptors (Lipinski definition) is 6. The van der Waals surface area contributed by atoms with Crippen LogP contribution in [0.1, 0.15) is 5.56 Å². The fourth-order valence-corrected chi connectivity index (χ4v) is 3.37. The number of aryl methyl sites for hydroxylation is 1. The molecule has 2 aromatic heterocycles. The standard InChI is InChI=1S/C20H16N4O3S/c1-13-7-5-6-10-15(13)27-18(26)12-28-20-22-19(14-8-3-2-4-9-14)21-16-11-17(25)23-24(16)20/h2-11H,12H2,1H3,(H,23,25). The molecular formula is C20H16N4O3S. The maximum absolute atomic E-state index is 12.3. The highest BCUT2D eigenvalue weighted by Crippen LogP contribution is 2.22. The molecule has 4 aromatic rings. The fraction of sp³-hybridized carbons (Fsp3) is 0.100. The summed E-state index contributed by atoms with van der Waals surface area (Å²) in [7, 11) is 0. The number of rotatable bonds is 5. The third kappa shape index (κ3) is 3.81. The lowest BCUT2D eigenvalue weighted by Gasteiger charge is -2.08. The molecule has 0 saturated heterocycles. The second-order valence-electron chi connectivity index (χ2n) is 6.04. The van der Waals surface area contributed by atoms with Gasteiger partial charge in [0.25, 0.3) is 5.56 Å². The van der Waals surface area contributed by atoms with E-state index >= 15 is 0 Å². The maximum Gasteiger partial charge on any atom is 0.321 e. The van der Waals surface area contributed by atoms with Crippen molar-refractivity contribution in [2.45, 2.75) is 12.1 Å². The van der Waals surface area contributed by atoms with Crippen LogP contribution in [0, 0.1) is 6.92 Å². The number of esters is 1. The van der Waals surface area contributed by atoms with Crippen molar-refractivity contribution in [1.29, 1.82) is 0 Å². The number of benzene rings is 2. The number of hydrogen-bond donors (Lipinski definition) is 1. The Morgan fingerprint density at radius 2 is 1.86 bits per heavy atom. The molecule has 0 spiro atoms. The van der Waals surface area contributed by atoms with Gasteiger partial charge in [0.05, 0.1) is 5.75 Å². The first kappa shape index (κ1) is 18.0. The number of para-hydroxylation sites is 1. The van der Waals surface area contributed by atoms with Crippen molar-refractivity contribution in [1.82, 2.24) is 19.6 Å². The number of carbonyl (C=O) groups excluding carboxylic acids is 1. The molecule has 0 aliphatic rings. The Hall–Kier alpha value is -3.39. The number of fused-ring (bicyclic) bond motifs is 1. The van der Waals surface area contributed by atoms with E-state index in [1.54, 1.807) is 6.07 Å². The molecule has 0 bridgehead atoms. The van der Waals surface area contributed by atoms with Gasteiger partial charge in [-0.1, -0.05) is 60.3 Å². The van der Waals surface area contributed by atoms with Crippen LogP contribution in [0.3, 0.4) is 0 Å². The van der Waals surface area contributed by atoms with Gasteiger partial charge in [-0.3, -0.25) is 14.7 Å². The van der Waals surface area contributed by atoms with E-state index in [9.17, 15) is 9.59 Å². The number of thioether (sulfide) groups is 1. The molecule has 8 heteroatoms. The highest BCUT2D eigenvalue weighted by atomic mass is 32.2. The second kappa shape index (κ2) is 7.69. The number of aromatic amines is 1. The van der Waals surface area contributed by atoms with Gasteiger partial charge in [0.2, 0.25) is 0 Å². The topological polar surface area (TPSA) is 89.3 Å². The molecule has 140 valence electrons. The molecule has 0 aliphatic heterocycles. The van der Waals surface area contributed by atoms with Crippen molar-refractivity contribution in [3.05, 3.63) is 76.6 Å². The van der Waals surface area contributed by atoms with Crippen molar-refractivity contribution in [2.75, 3.05) is 5.75 Å². The van der Waals surface area contributed by atoms with Gasteiger partial charge in [-0.2, -0.15) is 0 Å². The molecule has 0 unspecified atom stereocenters. The van der Waals surface area contributed by atoms with Gasteiger partial charge in [-0.05, 0) is 18.6 Å². The first-order valence-electron chi connectivity index (χ1n) is 8.54. The molecule has 4 rings (SSSR count). The number of nitrogens with one attached hydrogen (secondary N) is 1. The Morgan fingerprint density at radius 1 is 1.11 bits per heavy atom. The van der Waals surface area contributed by atoms with E-state index in [2.05, 4.69) is 15.1 Å². The predicted molar refractivity (Wildman–Crippen MR) is 107 cm³/mol. The van der Waals surface area contributed by atoms with Gasteiger partial charge < -0.3 is 4.74 Å². The Balaban J connectivity index is 1.60. The van der Waals surface area contributed by atoms with E-state index in [-0.39, 0.29) is 11.3 Å².